The van der Waals surface area contributed by atoms with Gasteiger partial charge in [-0.15, -0.1) is 0 Å². The second-order valence-corrected chi connectivity index (χ2v) is 5.55. The maximum absolute atomic E-state index is 13.0. The van der Waals surface area contributed by atoms with Crippen LogP contribution in [0.1, 0.15) is 49.4 Å². The summed E-state index contributed by atoms with van der Waals surface area (Å²) in [7, 11) is 0. The molecule has 1 aromatic carbocycles. The van der Waals surface area contributed by atoms with E-state index in [-0.39, 0.29) is 5.41 Å². The largest absolute Gasteiger partial charge is 0.294 e. The minimum absolute atomic E-state index is 0.121. The van der Waals surface area contributed by atoms with Gasteiger partial charge in [-0.1, -0.05) is 38.0 Å². The number of fused-ring (bicyclic) bond motifs is 1. The first-order valence-electron chi connectivity index (χ1n) is 7.15. The van der Waals surface area contributed by atoms with E-state index < -0.39 is 0 Å². The standard InChI is InChI=1S/C17H19NO/c1-2-17(10-3-4-11-17)16(19)14-7-5-9-15-13(14)8-6-12-18-15/h5-9,12H,2-4,10-11H2,1H3. The Labute approximate surface area is 113 Å². The minimum atomic E-state index is -0.121. The lowest BCUT2D eigenvalue weighted by atomic mass is 9.76. The molecule has 0 atom stereocenters. The molecule has 2 heteroatoms. The van der Waals surface area contributed by atoms with Gasteiger partial charge in [0.25, 0.3) is 0 Å². The Balaban J connectivity index is 2.11. The van der Waals surface area contributed by atoms with Gasteiger partial charge < -0.3 is 0 Å². The maximum Gasteiger partial charge on any atom is 0.169 e. The predicted octanol–water partition coefficient (Wildman–Crippen LogP) is 4.39. The van der Waals surface area contributed by atoms with Gasteiger partial charge in [-0.05, 0) is 31.4 Å². The van der Waals surface area contributed by atoms with Gasteiger partial charge in [0.05, 0.1) is 5.52 Å². The first-order chi connectivity index (χ1) is 9.27. The summed E-state index contributed by atoms with van der Waals surface area (Å²) in [4.78, 5) is 17.3. The molecule has 98 valence electrons. The van der Waals surface area contributed by atoms with Crippen LogP contribution in [0.2, 0.25) is 0 Å². The Bertz CT molecular complexity index is 606. The summed E-state index contributed by atoms with van der Waals surface area (Å²) in [5.74, 6) is 0.325. The molecule has 0 bridgehead atoms. The number of rotatable bonds is 3. The van der Waals surface area contributed by atoms with Crippen molar-refractivity contribution in [2.75, 3.05) is 0 Å². The number of hydrogen-bond acceptors (Lipinski definition) is 2. The Morgan fingerprint density at radius 2 is 2.00 bits per heavy atom. The quantitative estimate of drug-likeness (QED) is 0.759. The number of nitrogens with zero attached hydrogens (tertiary/aromatic N) is 1. The molecule has 1 heterocycles. The molecule has 0 saturated heterocycles. The van der Waals surface area contributed by atoms with Gasteiger partial charge in [0.15, 0.2) is 5.78 Å². The Morgan fingerprint density at radius 3 is 2.74 bits per heavy atom. The number of carbonyl (C=O) groups excluding carboxylic acids is 1. The Kier molecular flexibility index (Phi) is 3.09. The number of ketones is 1. The summed E-state index contributed by atoms with van der Waals surface area (Å²) in [6.45, 7) is 2.15. The van der Waals surface area contributed by atoms with Gasteiger partial charge in [-0.3, -0.25) is 9.78 Å². The second kappa shape index (κ2) is 4.76. The van der Waals surface area contributed by atoms with Crippen molar-refractivity contribution in [3.63, 3.8) is 0 Å². The third kappa shape index (κ3) is 1.95. The molecule has 1 fully saturated rings. The average Bonchev–Trinajstić information content (AvgIpc) is 2.96. The molecule has 3 rings (SSSR count). The molecule has 2 aromatic rings. The van der Waals surface area contributed by atoms with Crippen LogP contribution in [0.25, 0.3) is 10.9 Å². The van der Waals surface area contributed by atoms with E-state index in [0.29, 0.717) is 5.78 Å². The van der Waals surface area contributed by atoms with Crippen LogP contribution in [0.5, 0.6) is 0 Å². The van der Waals surface area contributed by atoms with Crippen molar-refractivity contribution in [2.45, 2.75) is 39.0 Å². The average molecular weight is 253 g/mol. The number of hydrogen-bond donors (Lipinski definition) is 0. The van der Waals surface area contributed by atoms with Crippen molar-refractivity contribution in [2.24, 2.45) is 5.41 Å². The monoisotopic (exact) mass is 253 g/mol. The summed E-state index contributed by atoms with van der Waals surface area (Å²) in [6, 6.07) is 9.79. The molecule has 1 aliphatic rings. The lowest BCUT2D eigenvalue weighted by molar-refractivity contribution is 0.0793. The minimum Gasteiger partial charge on any atom is -0.294 e. The smallest absolute Gasteiger partial charge is 0.169 e. The van der Waals surface area contributed by atoms with Crippen LogP contribution in [0.3, 0.4) is 0 Å². The van der Waals surface area contributed by atoms with E-state index >= 15 is 0 Å². The van der Waals surface area contributed by atoms with Gasteiger partial charge in [0, 0.05) is 22.6 Å². The zero-order chi connectivity index (χ0) is 13.3. The van der Waals surface area contributed by atoms with Crippen LogP contribution >= 0.6 is 0 Å². The molecule has 0 radical (unpaired) electrons. The van der Waals surface area contributed by atoms with Gasteiger partial charge in [0.2, 0.25) is 0 Å². The third-order valence-electron chi connectivity index (χ3n) is 4.61. The first-order valence-corrected chi connectivity index (χ1v) is 7.15. The Morgan fingerprint density at radius 1 is 1.21 bits per heavy atom. The van der Waals surface area contributed by atoms with Gasteiger partial charge in [-0.25, -0.2) is 0 Å². The van der Waals surface area contributed by atoms with Crippen LogP contribution in [0.15, 0.2) is 36.5 Å². The first kappa shape index (κ1) is 12.3. The highest BCUT2D eigenvalue weighted by Crippen LogP contribution is 2.44. The zero-order valence-electron chi connectivity index (χ0n) is 11.4. The number of aromatic nitrogens is 1. The summed E-state index contributed by atoms with van der Waals surface area (Å²) in [5.41, 5.74) is 1.65. The van der Waals surface area contributed by atoms with Crippen LogP contribution in [-0.4, -0.2) is 10.8 Å². The van der Waals surface area contributed by atoms with Crippen LogP contribution in [0.4, 0.5) is 0 Å². The van der Waals surface area contributed by atoms with Crippen molar-refractivity contribution in [1.82, 2.24) is 4.98 Å². The van der Waals surface area contributed by atoms with Crippen molar-refractivity contribution in [1.29, 1.82) is 0 Å². The fourth-order valence-electron chi connectivity index (χ4n) is 3.38. The molecule has 1 saturated carbocycles. The van der Waals surface area contributed by atoms with Crippen molar-refractivity contribution >= 4 is 16.7 Å². The highest BCUT2D eigenvalue weighted by molar-refractivity contribution is 6.10. The molecule has 2 nitrogen and oxygen atoms in total. The molecule has 19 heavy (non-hydrogen) atoms. The fourth-order valence-corrected chi connectivity index (χ4v) is 3.38. The summed E-state index contributed by atoms with van der Waals surface area (Å²) < 4.78 is 0. The van der Waals surface area contributed by atoms with Gasteiger partial charge in [-0.2, -0.15) is 0 Å². The molecule has 0 unspecified atom stereocenters. The van der Waals surface area contributed by atoms with Crippen molar-refractivity contribution in [3.05, 3.63) is 42.1 Å². The summed E-state index contributed by atoms with van der Waals surface area (Å²) in [6.07, 6.45) is 7.17. The second-order valence-electron chi connectivity index (χ2n) is 5.55. The number of Topliss-reactive ketones (excluding diaryl/α,β-unsaturated/α-hetero) is 1. The van der Waals surface area contributed by atoms with E-state index in [2.05, 4.69) is 11.9 Å². The molecule has 0 N–H and O–H groups in total. The van der Waals surface area contributed by atoms with Gasteiger partial charge in [0.1, 0.15) is 0 Å². The normalized spacial score (nSPS) is 17.7. The maximum atomic E-state index is 13.0. The highest BCUT2D eigenvalue weighted by Gasteiger charge is 2.40. The van der Waals surface area contributed by atoms with E-state index in [1.807, 2.05) is 30.3 Å². The van der Waals surface area contributed by atoms with Crippen LogP contribution < -0.4 is 0 Å². The number of pyridine rings is 1. The third-order valence-corrected chi connectivity index (χ3v) is 4.61. The lowest BCUT2D eigenvalue weighted by Gasteiger charge is -2.26. The molecular weight excluding hydrogens is 234 g/mol. The van der Waals surface area contributed by atoms with E-state index in [1.165, 1.54) is 12.8 Å². The van der Waals surface area contributed by atoms with Crippen LogP contribution in [-0.2, 0) is 0 Å². The Hall–Kier alpha value is -1.70. The molecule has 0 amide bonds. The summed E-state index contributed by atoms with van der Waals surface area (Å²) >= 11 is 0. The molecule has 0 spiro atoms. The number of benzene rings is 1. The summed E-state index contributed by atoms with van der Waals surface area (Å²) in [5, 5.41) is 0.995. The van der Waals surface area contributed by atoms with Crippen LogP contribution in [0, 0.1) is 5.41 Å². The van der Waals surface area contributed by atoms with E-state index in [4.69, 9.17) is 0 Å². The molecule has 0 aliphatic heterocycles. The zero-order valence-corrected chi connectivity index (χ0v) is 11.4. The van der Waals surface area contributed by atoms with E-state index in [0.717, 1.165) is 35.7 Å². The molecule has 1 aromatic heterocycles. The van der Waals surface area contributed by atoms with Crippen molar-refractivity contribution in [3.8, 4) is 0 Å². The topological polar surface area (TPSA) is 30.0 Å². The lowest BCUT2D eigenvalue weighted by Crippen LogP contribution is -2.27. The SMILES string of the molecule is CCC1(C(=O)c2cccc3ncccc23)CCCC1. The molecule has 1 aliphatic carbocycles. The molecular formula is C17H19NO. The van der Waals surface area contributed by atoms with E-state index in [9.17, 15) is 4.79 Å². The van der Waals surface area contributed by atoms with Gasteiger partial charge >= 0.3 is 0 Å². The van der Waals surface area contributed by atoms with Crippen molar-refractivity contribution < 1.29 is 4.79 Å². The fraction of sp³-hybridized carbons (Fsp3) is 0.412. The number of carbonyl (C=O) groups is 1. The highest BCUT2D eigenvalue weighted by atomic mass is 16.1. The predicted molar refractivity (Wildman–Crippen MR) is 77.3 cm³/mol. The van der Waals surface area contributed by atoms with E-state index in [1.54, 1.807) is 6.20 Å².